The molecule has 1 atom stereocenters. The summed E-state index contributed by atoms with van der Waals surface area (Å²) < 4.78 is 13.3. The van der Waals surface area contributed by atoms with Crippen molar-refractivity contribution in [1.82, 2.24) is 10.2 Å². The van der Waals surface area contributed by atoms with Gasteiger partial charge in [0.2, 0.25) is 0 Å². The van der Waals surface area contributed by atoms with E-state index in [1.54, 1.807) is 6.07 Å². The second kappa shape index (κ2) is 5.63. The largest absolute Gasteiger partial charge is 0.311 e. The fourth-order valence-electron chi connectivity index (χ4n) is 3.68. The number of rotatable bonds is 2. The van der Waals surface area contributed by atoms with E-state index < -0.39 is 0 Å². The molecule has 1 saturated carbocycles. The van der Waals surface area contributed by atoms with Crippen LogP contribution in [0.15, 0.2) is 18.2 Å². The fourth-order valence-corrected chi connectivity index (χ4v) is 3.88. The molecule has 1 aliphatic carbocycles. The highest BCUT2D eigenvalue weighted by atomic mass is 35.5. The van der Waals surface area contributed by atoms with Crippen LogP contribution in [-0.2, 0) is 6.54 Å². The summed E-state index contributed by atoms with van der Waals surface area (Å²) in [6.07, 6.45) is 5.16. The first-order chi connectivity index (χ1) is 9.59. The lowest BCUT2D eigenvalue weighted by atomic mass is 9.90. The average Bonchev–Trinajstić information content (AvgIpc) is 2.88. The van der Waals surface area contributed by atoms with Crippen molar-refractivity contribution in [3.8, 4) is 0 Å². The van der Waals surface area contributed by atoms with Crippen LogP contribution < -0.4 is 5.32 Å². The minimum Gasteiger partial charge on any atom is -0.311 e. The summed E-state index contributed by atoms with van der Waals surface area (Å²) in [5, 5.41) is 3.85. The van der Waals surface area contributed by atoms with E-state index in [2.05, 4.69) is 17.1 Å². The van der Waals surface area contributed by atoms with Gasteiger partial charge >= 0.3 is 0 Å². The standard InChI is InChI=1S/C16H22ClFN2/c1-12-9-20(16(11-19-12)6-2-3-7-16)10-13-4-5-15(18)14(17)8-13/h4-5,8,12,19H,2-3,6-7,9-11H2,1H3. The SMILES string of the molecule is CC1CN(Cc2ccc(F)c(Cl)c2)C2(CCCC2)CN1. The molecule has 1 aromatic carbocycles. The number of benzene rings is 1. The molecule has 1 N–H and O–H groups in total. The Bertz CT molecular complexity index is 485. The molecule has 1 aliphatic heterocycles. The van der Waals surface area contributed by atoms with Crippen molar-refractivity contribution in [3.63, 3.8) is 0 Å². The quantitative estimate of drug-likeness (QED) is 0.897. The maximum Gasteiger partial charge on any atom is 0.141 e. The summed E-state index contributed by atoms with van der Waals surface area (Å²) in [5.74, 6) is -0.334. The molecule has 110 valence electrons. The average molecular weight is 297 g/mol. The van der Waals surface area contributed by atoms with E-state index in [0.717, 1.165) is 25.2 Å². The highest BCUT2D eigenvalue weighted by Crippen LogP contribution is 2.37. The number of nitrogens with one attached hydrogen (secondary N) is 1. The predicted molar refractivity (Wildman–Crippen MR) is 80.5 cm³/mol. The molecule has 2 nitrogen and oxygen atoms in total. The van der Waals surface area contributed by atoms with Crippen LogP contribution in [0.5, 0.6) is 0 Å². The summed E-state index contributed by atoms with van der Waals surface area (Å²) in [4.78, 5) is 2.59. The maximum absolute atomic E-state index is 13.3. The van der Waals surface area contributed by atoms with E-state index in [1.165, 1.54) is 31.7 Å². The van der Waals surface area contributed by atoms with Crippen molar-refractivity contribution in [3.05, 3.63) is 34.6 Å². The van der Waals surface area contributed by atoms with Gasteiger partial charge in [0, 0.05) is 31.2 Å². The molecular formula is C16H22ClFN2. The third kappa shape index (κ3) is 2.72. The zero-order chi connectivity index (χ0) is 14.2. The lowest BCUT2D eigenvalue weighted by molar-refractivity contribution is 0.0392. The lowest BCUT2D eigenvalue weighted by Gasteiger charge is -2.48. The molecule has 2 aliphatic rings. The lowest BCUT2D eigenvalue weighted by Crippen LogP contribution is -2.62. The molecule has 1 spiro atoms. The van der Waals surface area contributed by atoms with E-state index in [-0.39, 0.29) is 10.8 Å². The van der Waals surface area contributed by atoms with Gasteiger partial charge in [-0.2, -0.15) is 0 Å². The van der Waals surface area contributed by atoms with Crippen LogP contribution in [-0.4, -0.2) is 29.6 Å². The fraction of sp³-hybridized carbons (Fsp3) is 0.625. The Morgan fingerprint density at radius 1 is 1.40 bits per heavy atom. The van der Waals surface area contributed by atoms with Gasteiger partial charge in [-0.3, -0.25) is 4.90 Å². The van der Waals surface area contributed by atoms with Crippen LogP contribution in [0.25, 0.3) is 0 Å². The van der Waals surface area contributed by atoms with Gasteiger partial charge in [0.1, 0.15) is 5.82 Å². The van der Waals surface area contributed by atoms with Gasteiger partial charge < -0.3 is 5.32 Å². The topological polar surface area (TPSA) is 15.3 Å². The summed E-state index contributed by atoms with van der Waals surface area (Å²) in [5.41, 5.74) is 1.41. The third-order valence-electron chi connectivity index (χ3n) is 4.84. The highest BCUT2D eigenvalue weighted by molar-refractivity contribution is 6.30. The van der Waals surface area contributed by atoms with Gasteiger partial charge in [-0.15, -0.1) is 0 Å². The van der Waals surface area contributed by atoms with Crippen molar-refractivity contribution in [2.45, 2.75) is 50.7 Å². The zero-order valence-electron chi connectivity index (χ0n) is 12.0. The van der Waals surface area contributed by atoms with Crippen molar-refractivity contribution in [2.24, 2.45) is 0 Å². The van der Waals surface area contributed by atoms with Crippen LogP contribution >= 0.6 is 11.6 Å². The number of halogens is 2. The number of hydrogen-bond donors (Lipinski definition) is 1. The molecule has 0 bridgehead atoms. The Labute approximate surface area is 125 Å². The van der Waals surface area contributed by atoms with Gasteiger partial charge in [-0.1, -0.05) is 30.5 Å². The Hall–Kier alpha value is -0.640. The van der Waals surface area contributed by atoms with E-state index >= 15 is 0 Å². The highest BCUT2D eigenvalue weighted by Gasteiger charge is 2.42. The molecule has 0 radical (unpaired) electrons. The van der Waals surface area contributed by atoms with E-state index in [0.29, 0.717) is 11.6 Å². The minimum atomic E-state index is -0.334. The zero-order valence-corrected chi connectivity index (χ0v) is 12.7. The van der Waals surface area contributed by atoms with Gasteiger partial charge in [0.15, 0.2) is 0 Å². The molecule has 1 unspecified atom stereocenters. The smallest absolute Gasteiger partial charge is 0.141 e. The Morgan fingerprint density at radius 2 is 2.15 bits per heavy atom. The van der Waals surface area contributed by atoms with Crippen molar-refractivity contribution in [2.75, 3.05) is 13.1 Å². The van der Waals surface area contributed by atoms with Gasteiger partial charge in [-0.25, -0.2) is 4.39 Å². The van der Waals surface area contributed by atoms with Gasteiger partial charge in [-0.05, 0) is 37.5 Å². The van der Waals surface area contributed by atoms with Gasteiger partial charge in [0.25, 0.3) is 0 Å². The second-order valence-electron chi connectivity index (χ2n) is 6.34. The first-order valence-corrected chi connectivity index (χ1v) is 7.89. The van der Waals surface area contributed by atoms with E-state index in [4.69, 9.17) is 11.6 Å². The second-order valence-corrected chi connectivity index (χ2v) is 6.75. The van der Waals surface area contributed by atoms with E-state index in [9.17, 15) is 4.39 Å². The molecule has 1 aromatic rings. The van der Waals surface area contributed by atoms with Gasteiger partial charge in [0.05, 0.1) is 5.02 Å². The molecule has 3 rings (SSSR count). The predicted octanol–water partition coefficient (Wildman–Crippen LogP) is 3.59. The molecule has 0 aromatic heterocycles. The maximum atomic E-state index is 13.3. The van der Waals surface area contributed by atoms with E-state index in [1.807, 2.05) is 6.07 Å². The molecule has 2 fully saturated rings. The molecule has 20 heavy (non-hydrogen) atoms. The Balaban J connectivity index is 1.80. The van der Waals surface area contributed by atoms with Crippen LogP contribution in [0.4, 0.5) is 4.39 Å². The molecule has 1 heterocycles. The first-order valence-electron chi connectivity index (χ1n) is 7.51. The molecular weight excluding hydrogens is 275 g/mol. The van der Waals surface area contributed by atoms with Crippen molar-refractivity contribution < 1.29 is 4.39 Å². The summed E-state index contributed by atoms with van der Waals surface area (Å²) in [7, 11) is 0. The summed E-state index contributed by atoms with van der Waals surface area (Å²) >= 11 is 5.91. The summed E-state index contributed by atoms with van der Waals surface area (Å²) in [6.45, 7) is 5.22. The van der Waals surface area contributed by atoms with Crippen molar-refractivity contribution in [1.29, 1.82) is 0 Å². The Morgan fingerprint density at radius 3 is 2.85 bits per heavy atom. The van der Waals surface area contributed by atoms with Crippen LogP contribution in [0, 0.1) is 5.82 Å². The number of piperazine rings is 1. The van der Waals surface area contributed by atoms with Crippen LogP contribution in [0.3, 0.4) is 0 Å². The van der Waals surface area contributed by atoms with Crippen molar-refractivity contribution >= 4 is 11.6 Å². The minimum absolute atomic E-state index is 0.228. The third-order valence-corrected chi connectivity index (χ3v) is 5.13. The Kier molecular flexibility index (Phi) is 4.02. The number of nitrogens with zero attached hydrogens (tertiary/aromatic N) is 1. The monoisotopic (exact) mass is 296 g/mol. The molecule has 4 heteroatoms. The van der Waals surface area contributed by atoms with Crippen LogP contribution in [0.2, 0.25) is 5.02 Å². The first kappa shape index (κ1) is 14.3. The molecule has 0 amide bonds. The normalized spacial score (nSPS) is 26.2. The summed E-state index contributed by atoms with van der Waals surface area (Å²) in [6, 6.07) is 5.62. The number of hydrogen-bond acceptors (Lipinski definition) is 2. The van der Waals surface area contributed by atoms with Crippen LogP contribution in [0.1, 0.15) is 38.2 Å². The molecule has 1 saturated heterocycles.